The van der Waals surface area contributed by atoms with E-state index in [0.717, 1.165) is 17.3 Å². The first-order chi connectivity index (χ1) is 15.3. The number of rotatable bonds is 4. The Morgan fingerprint density at radius 2 is 2.06 bits per heavy atom. The normalized spacial score (nSPS) is 25.0. The highest BCUT2D eigenvalue weighted by Crippen LogP contribution is 2.50. The maximum Gasteiger partial charge on any atom is 0.272 e. The van der Waals surface area contributed by atoms with Gasteiger partial charge in [0.1, 0.15) is 0 Å². The molecular formula is C23H28N6O3. The third kappa shape index (κ3) is 3.18. The molecule has 0 radical (unpaired) electrons. The van der Waals surface area contributed by atoms with Crippen molar-refractivity contribution in [3.8, 4) is 0 Å². The van der Waals surface area contributed by atoms with E-state index in [2.05, 4.69) is 20.6 Å². The lowest BCUT2D eigenvalue weighted by molar-refractivity contribution is -0.133. The molecule has 1 saturated heterocycles. The highest BCUT2D eigenvalue weighted by atomic mass is 16.5. The van der Waals surface area contributed by atoms with E-state index in [9.17, 15) is 9.59 Å². The minimum atomic E-state index is -0.435. The molecule has 9 nitrogen and oxygen atoms in total. The van der Waals surface area contributed by atoms with Crippen molar-refractivity contribution in [3.05, 3.63) is 41.7 Å². The fraction of sp³-hybridized carbons (Fsp3) is 0.522. The SMILES string of the molecule is Cc1noc([C@]23C[C@H](NC(=O)c4nn(C)c5ccccc45)CC2CN(C(=O)C(C)C)C3)n1. The van der Waals surface area contributed by atoms with E-state index >= 15 is 0 Å². The molecule has 2 fully saturated rings. The number of amides is 2. The van der Waals surface area contributed by atoms with Gasteiger partial charge in [0.15, 0.2) is 11.5 Å². The van der Waals surface area contributed by atoms with Gasteiger partial charge < -0.3 is 14.7 Å². The van der Waals surface area contributed by atoms with Crippen LogP contribution in [0.25, 0.3) is 10.9 Å². The number of likely N-dealkylation sites (tertiary alicyclic amines) is 1. The van der Waals surface area contributed by atoms with Crippen LogP contribution in [0, 0.1) is 18.8 Å². The number of hydrogen-bond donors (Lipinski definition) is 1. The van der Waals surface area contributed by atoms with Crippen LogP contribution < -0.4 is 5.32 Å². The number of nitrogens with zero attached hydrogens (tertiary/aromatic N) is 5. The monoisotopic (exact) mass is 436 g/mol. The molecule has 5 rings (SSSR count). The number of hydrogen-bond acceptors (Lipinski definition) is 6. The van der Waals surface area contributed by atoms with E-state index in [0.29, 0.717) is 36.9 Å². The van der Waals surface area contributed by atoms with Crippen LogP contribution in [0.1, 0.15) is 48.9 Å². The molecule has 1 aliphatic carbocycles. The molecule has 3 heterocycles. The summed E-state index contributed by atoms with van der Waals surface area (Å²) in [6, 6.07) is 7.65. The number of carbonyl (C=O) groups is 2. The van der Waals surface area contributed by atoms with Crippen molar-refractivity contribution in [1.82, 2.24) is 30.1 Å². The molecule has 1 saturated carbocycles. The first-order valence-corrected chi connectivity index (χ1v) is 11.1. The van der Waals surface area contributed by atoms with Gasteiger partial charge >= 0.3 is 0 Å². The maximum absolute atomic E-state index is 13.2. The van der Waals surface area contributed by atoms with Gasteiger partial charge in [-0.25, -0.2) is 0 Å². The van der Waals surface area contributed by atoms with E-state index in [1.54, 1.807) is 11.6 Å². The molecule has 1 aliphatic heterocycles. The van der Waals surface area contributed by atoms with Gasteiger partial charge in [0, 0.05) is 37.5 Å². The molecular weight excluding hydrogens is 408 g/mol. The number of fused-ring (bicyclic) bond motifs is 2. The van der Waals surface area contributed by atoms with Gasteiger partial charge in [0.05, 0.1) is 10.9 Å². The maximum atomic E-state index is 13.2. The summed E-state index contributed by atoms with van der Waals surface area (Å²) < 4.78 is 7.34. The zero-order valence-corrected chi connectivity index (χ0v) is 18.8. The van der Waals surface area contributed by atoms with Crippen LogP contribution in [0.3, 0.4) is 0 Å². The molecule has 2 amide bonds. The minimum Gasteiger partial charge on any atom is -0.348 e. The molecule has 3 aromatic rings. The third-order valence-corrected chi connectivity index (χ3v) is 6.94. The van der Waals surface area contributed by atoms with Crippen LogP contribution in [0.2, 0.25) is 0 Å². The van der Waals surface area contributed by atoms with Gasteiger partial charge in [-0.3, -0.25) is 14.3 Å². The molecule has 1 unspecified atom stereocenters. The van der Waals surface area contributed by atoms with Crippen LogP contribution in [0.5, 0.6) is 0 Å². The van der Waals surface area contributed by atoms with Crippen molar-refractivity contribution in [2.24, 2.45) is 18.9 Å². The average molecular weight is 437 g/mol. The Bertz CT molecular complexity index is 1200. The topological polar surface area (TPSA) is 106 Å². The highest BCUT2D eigenvalue weighted by molar-refractivity contribution is 6.05. The lowest BCUT2D eigenvalue weighted by Crippen LogP contribution is -2.40. The largest absolute Gasteiger partial charge is 0.348 e. The standard InChI is InChI=1S/C23H28N6O3/c1-13(2)21(31)29-11-15-9-16(10-23(15,12-29)22-24-14(3)27-32-22)25-20(30)19-17-7-5-6-8-18(17)28(4)26-19/h5-8,13,15-16H,9-12H2,1-4H3,(H,25,30)/t15?,16-,23+/m1/s1. The third-order valence-electron chi connectivity index (χ3n) is 6.94. The summed E-state index contributed by atoms with van der Waals surface area (Å²) in [7, 11) is 1.84. The van der Waals surface area contributed by atoms with E-state index in [1.165, 1.54) is 0 Å². The zero-order valence-electron chi connectivity index (χ0n) is 18.8. The summed E-state index contributed by atoms with van der Waals surface area (Å²) in [5.74, 6) is 1.18. The lowest BCUT2D eigenvalue weighted by atomic mass is 9.80. The predicted octanol–water partition coefficient (Wildman–Crippen LogP) is 2.21. The summed E-state index contributed by atoms with van der Waals surface area (Å²) in [4.78, 5) is 32.3. The number of benzene rings is 1. The van der Waals surface area contributed by atoms with E-state index < -0.39 is 5.41 Å². The second-order valence-electron chi connectivity index (χ2n) is 9.47. The fourth-order valence-electron chi connectivity index (χ4n) is 5.48. The van der Waals surface area contributed by atoms with Crippen LogP contribution in [0.15, 0.2) is 28.8 Å². The summed E-state index contributed by atoms with van der Waals surface area (Å²) >= 11 is 0. The number of nitrogens with one attached hydrogen (secondary N) is 1. The van der Waals surface area contributed by atoms with Crippen molar-refractivity contribution >= 4 is 22.7 Å². The fourth-order valence-corrected chi connectivity index (χ4v) is 5.48. The molecule has 168 valence electrons. The molecule has 2 aliphatic rings. The van der Waals surface area contributed by atoms with Crippen LogP contribution in [0.4, 0.5) is 0 Å². The van der Waals surface area contributed by atoms with Crippen molar-refractivity contribution in [3.63, 3.8) is 0 Å². The Balaban J connectivity index is 1.40. The Morgan fingerprint density at radius 3 is 2.78 bits per heavy atom. The second kappa shape index (κ2) is 7.43. The van der Waals surface area contributed by atoms with Crippen LogP contribution >= 0.6 is 0 Å². The summed E-state index contributed by atoms with van der Waals surface area (Å²) in [5.41, 5.74) is 0.914. The number of aryl methyl sites for hydroxylation is 2. The van der Waals surface area contributed by atoms with Crippen molar-refractivity contribution < 1.29 is 14.1 Å². The minimum absolute atomic E-state index is 0.0585. The van der Waals surface area contributed by atoms with E-state index in [1.807, 2.05) is 50.1 Å². The van der Waals surface area contributed by atoms with Crippen molar-refractivity contribution in [2.75, 3.05) is 13.1 Å². The predicted molar refractivity (Wildman–Crippen MR) is 117 cm³/mol. The number of aromatic nitrogens is 4. The Morgan fingerprint density at radius 1 is 1.28 bits per heavy atom. The highest BCUT2D eigenvalue weighted by Gasteiger charge is 2.58. The van der Waals surface area contributed by atoms with Gasteiger partial charge in [-0.15, -0.1) is 0 Å². The Hall–Kier alpha value is -3.23. The van der Waals surface area contributed by atoms with Gasteiger partial charge in [0.25, 0.3) is 5.91 Å². The quantitative estimate of drug-likeness (QED) is 0.672. The van der Waals surface area contributed by atoms with Crippen LogP contribution in [-0.4, -0.2) is 55.8 Å². The van der Waals surface area contributed by atoms with Gasteiger partial charge in [-0.2, -0.15) is 10.1 Å². The Labute approximate surface area is 186 Å². The smallest absolute Gasteiger partial charge is 0.272 e. The van der Waals surface area contributed by atoms with Crippen LogP contribution in [-0.2, 0) is 17.3 Å². The molecule has 1 N–H and O–H groups in total. The summed E-state index contributed by atoms with van der Waals surface area (Å²) in [6.45, 7) is 6.80. The molecule has 0 spiro atoms. The average Bonchev–Trinajstić information content (AvgIpc) is 3.49. The molecule has 0 bridgehead atoms. The van der Waals surface area contributed by atoms with Crippen molar-refractivity contribution in [1.29, 1.82) is 0 Å². The first-order valence-electron chi connectivity index (χ1n) is 11.1. The molecule has 2 aromatic heterocycles. The van der Waals surface area contributed by atoms with Crippen molar-refractivity contribution in [2.45, 2.75) is 45.1 Å². The summed E-state index contributed by atoms with van der Waals surface area (Å²) in [6.07, 6.45) is 1.40. The molecule has 9 heteroatoms. The molecule has 1 aromatic carbocycles. The lowest BCUT2D eigenvalue weighted by Gasteiger charge is -2.26. The second-order valence-corrected chi connectivity index (χ2v) is 9.47. The molecule has 3 atom stereocenters. The van der Waals surface area contributed by atoms with Gasteiger partial charge in [0.2, 0.25) is 11.8 Å². The zero-order chi connectivity index (χ0) is 22.6. The van der Waals surface area contributed by atoms with Gasteiger partial charge in [-0.05, 0) is 31.7 Å². The molecule has 32 heavy (non-hydrogen) atoms. The Kier molecular flexibility index (Phi) is 4.79. The van der Waals surface area contributed by atoms with E-state index in [4.69, 9.17) is 4.52 Å². The summed E-state index contributed by atoms with van der Waals surface area (Å²) in [5, 5.41) is 12.5. The van der Waals surface area contributed by atoms with Gasteiger partial charge in [-0.1, -0.05) is 37.2 Å². The van der Waals surface area contributed by atoms with E-state index in [-0.39, 0.29) is 29.7 Å². The first kappa shape index (κ1) is 20.7. The number of para-hydroxylation sites is 1. The number of carbonyl (C=O) groups excluding carboxylic acids is 2.